The number of hydrogen-bond donors (Lipinski definition) is 0. The Balaban J connectivity index is 1.66. The molecule has 0 atom stereocenters. The molecule has 1 aromatic carbocycles. The molecule has 1 aliphatic rings. The van der Waals surface area contributed by atoms with Gasteiger partial charge in [0.25, 0.3) is 5.56 Å². The van der Waals surface area contributed by atoms with E-state index in [9.17, 15) is 14.4 Å². The molecule has 1 aromatic heterocycles. The first-order valence-corrected chi connectivity index (χ1v) is 8.20. The molecule has 7 heteroatoms. The zero-order chi connectivity index (χ0) is 17.8. The molecule has 0 unspecified atom stereocenters. The normalized spacial score (nSPS) is 14.4. The van der Waals surface area contributed by atoms with Gasteiger partial charge in [0.2, 0.25) is 11.8 Å². The van der Waals surface area contributed by atoms with Gasteiger partial charge in [-0.2, -0.15) is 0 Å². The first-order chi connectivity index (χ1) is 12.0. The third-order valence-corrected chi connectivity index (χ3v) is 4.33. The summed E-state index contributed by atoms with van der Waals surface area (Å²) in [7, 11) is 0. The fraction of sp³-hybridized carbons (Fsp3) is 0.333. The second-order valence-corrected chi connectivity index (χ2v) is 5.99. The summed E-state index contributed by atoms with van der Waals surface area (Å²) in [5.41, 5.74) is 1.19. The van der Waals surface area contributed by atoms with Crippen molar-refractivity contribution in [3.8, 4) is 11.3 Å². The average molecular weight is 340 g/mol. The number of rotatable bonds is 3. The summed E-state index contributed by atoms with van der Waals surface area (Å²) in [4.78, 5) is 43.7. The Hall–Kier alpha value is -2.96. The van der Waals surface area contributed by atoms with Crippen molar-refractivity contribution >= 4 is 11.8 Å². The van der Waals surface area contributed by atoms with Crippen LogP contribution in [-0.2, 0) is 16.1 Å². The van der Waals surface area contributed by atoms with E-state index in [-0.39, 0.29) is 23.9 Å². The molecule has 2 amide bonds. The molecule has 0 aliphatic carbocycles. The third kappa shape index (κ3) is 3.93. The Kier molecular flexibility index (Phi) is 4.92. The van der Waals surface area contributed by atoms with Gasteiger partial charge in [0.05, 0.1) is 12.0 Å². The standard InChI is InChI=1S/C18H20N4O3/c1-14(23)20-7-9-21(10-8-20)18(25)12-22-13-19-16(11-17(22)24)15-5-3-2-4-6-15/h2-6,11,13H,7-10,12H2,1H3. The van der Waals surface area contributed by atoms with E-state index >= 15 is 0 Å². The monoisotopic (exact) mass is 340 g/mol. The minimum absolute atomic E-state index is 0.0176. The fourth-order valence-corrected chi connectivity index (χ4v) is 2.83. The van der Waals surface area contributed by atoms with Gasteiger partial charge in [0.15, 0.2) is 0 Å². The number of carbonyl (C=O) groups is 2. The van der Waals surface area contributed by atoms with E-state index in [0.29, 0.717) is 31.9 Å². The number of amides is 2. The third-order valence-electron chi connectivity index (χ3n) is 4.33. The molecule has 0 saturated carbocycles. The maximum atomic E-state index is 12.4. The largest absolute Gasteiger partial charge is 0.339 e. The van der Waals surface area contributed by atoms with E-state index in [2.05, 4.69) is 4.98 Å². The maximum Gasteiger partial charge on any atom is 0.254 e. The van der Waals surface area contributed by atoms with Crippen molar-refractivity contribution in [3.63, 3.8) is 0 Å². The molecule has 0 radical (unpaired) electrons. The number of piperazine rings is 1. The van der Waals surface area contributed by atoms with Gasteiger partial charge in [0, 0.05) is 44.7 Å². The first kappa shape index (κ1) is 16.9. The van der Waals surface area contributed by atoms with Crippen LogP contribution in [0.5, 0.6) is 0 Å². The summed E-state index contributed by atoms with van der Waals surface area (Å²) in [6.45, 7) is 3.52. The van der Waals surface area contributed by atoms with Crippen molar-refractivity contribution < 1.29 is 9.59 Å². The summed E-state index contributed by atoms with van der Waals surface area (Å²) >= 11 is 0. The smallest absolute Gasteiger partial charge is 0.254 e. The molecular formula is C18H20N4O3. The number of aromatic nitrogens is 2. The van der Waals surface area contributed by atoms with Crippen LogP contribution in [-0.4, -0.2) is 57.3 Å². The molecule has 0 bridgehead atoms. The lowest BCUT2D eigenvalue weighted by Crippen LogP contribution is -2.51. The van der Waals surface area contributed by atoms with E-state index in [1.165, 1.54) is 23.9 Å². The Morgan fingerprint density at radius 1 is 1.04 bits per heavy atom. The highest BCUT2D eigenvalue weighted by Crippen LogP contribution is 2.13. The van der Waals surface area contributed by atoms with Crippen LogP contribution in [0.15, 0.2) is 47.5 Å². The van der Waals surface area contributed by atoms with E-state index in [4.69, 9.17) is 0 Å². The van der Waals surface area contributed by atoms with Crippen molar-refractivity contribution in [3.05, 3.63) is 53.1 Å². The van der Waals surface area contributed by atoms with Crippen LogP contribution < -0.4 is 5.56 Å². The van der Waals surface area contributed by atoms with Gasteiger partial charge >= 0.3 is 0 Å². The van der Waals surface area contributed by atoms with Crippen LogP contribution in [0.25, 0.3) is 11.3 Å². The lowest BCUT2D eigenvalue weighted by Gasteiger charge is -2.34. The van der Waals surface area contributed by atoms with Crippen molar-refractivity contribution in [1.29, 1.82) is 0 Å². The second kappa shape index (κ2) is 7.29. The summed E-state index contributed by atoms with van der Waals surface area (Å²) in [6, 6.07) is 10.9. The molecule has 0 spiro atoms. The Bertz CT molecular complexity index is 824. The zero-order valence-corrected chi connectivity index (χ0v) is 14.1. The summed E-state index contributed by atoms with van der Waals surface area (Å²) in [5.74, 6) is -0.122. The highest BCUT2D eigenvalue weighted by molar-refractivity contribution is 5.77. The minimum Gasteiger partial charge on any atom is -0.339 e. The van der Waals surface area contributed by atoms with E-state index in [1.54, 1.807) is 9.80 Å². The molecule has 1 aliphatic heterocycles. The highest BCUT2D eigenvalue weighted by atomic mass is 16.2. The molecule has 1 saturated heterocycles. The van der Waals surface area contributed by atoms with Gasteiger partial charge in [0.1, 0.15) is 6.54 Å². The highest BCUT2D eigenvalue weighted by Gasteiger charge is 2.22. The topological polar surface area (TPSA) is 75.5 Å². The number of nitrogens with zero attached hydrogens (tertiary/aromatic N) is 4. The molecule has 2 aromatic rings. The SMILES string of the molecule is CC(=O)N1CCN(C(=O)Cn2cnc(-c3ccccc3)cc2=O)CC1. The average Bonchev–Trinajstić information content (AvgIpc) is 2.64. The van der Waals surface area contributed by atoms with Crippen LogP contribution in [0.2, 0.25) is 0 Å². The van der Waals surface area contributed by atoms with Gasteiger partial charge in [-0.05, 0) is 0 Å². The quantitative estimate of drug-likeness (QED) is 0.820. The molecule has 1 fully saturated rings. The van der Waals surface area contributed by atoms with Gasteiger partial charge in [-0.1, -0.05) is 30.3 Å². The molecule has 3 rings (SSSR count). The summed E-state index contributed by atoms with van der Waals surface area (Å²) < 4.78 is 1.31. The molecule has 2 heterocycles. The van der Waals surface area contributed by atoms with Gasteiger partial charge in [-0.15, -0.1) is 0 Å². The fourth-order valence-electron chi connectivity index (χ4n) is 2.83. The Morgan fingerprint density at radius 2 is 1.68 bits per heavy atom. The van der Waals surface area contributed by atoms with Crippen LogP contribution >= 0.6 is 0 Å². The van der Waals surface area contributed by atoms with Crippen LogP contribution in [0.4, 0.5) is 0 Å². The predicted octanol–water partition coefficient (Wildman–Crippen LogP) is 0.601. The van der Waals surface area contributed by atoms with Crippen molar-refractivity contribution in [1.82, 2.24) is 19.4 Å². The predicted molar refractivity (Wildman–Crippen MR) is 92.8 cm³/mol. The Morgan fingerprint density at radius 3 is 2.28 bits per heavy atom. The van der Waals surface area contributed by atoms with Crippen molar-refractivity contribution in [2.24, 2.45) is 0 Å². The molecule has 7 nitrogen and oxygen atoms in total. The second-order valence-electron chi connectivity index (χ2n) is 5.99. The number of benzene rings is 1. The maximum absolute atomic E-state index is 12.4. The van der Waals surface area contributed by atoms with E-state index in [0.717, 1.165) is 5.56 Å². The Labute approximate surface area is 145 Å². The van der Waals surface area contributed by atoms with Crippen LogP contribution in [0.3, 0.4) is 0 Å². The van der Waals surface area contributed by atoms with Crippen molar-refractivity contribution in [2.45, 2.75) is 13.5 Å². The van der Waals surface area contributed by atoms with Crippen LogP contribution in [0.1, 0.15) is 6.92 Å². The number of hydrogen-bond acceptors (Lipinski definition) is 4. The number of carbonyl (C=O) groups excluding carboxylic acids is 2. The van der Waals surface area contributed by atoms with Gasteiger partial charge in [-0.3, -0.25) is 19.0 Å². The molecule has 25 heavy (non-hydrogen) atoms. The van der Waals surface area contributed by atoms with Gasteiger partial charge < -0.3 is 9.80 Å². The van der Waals surface area contributed by atoms with E-state index < -0.39 is 0 Å². The van der Waals surface area contributed by atoms with E-state index in [1.807, 2.05) is 30.3 Å². The minimum atomic E-state index is -0.260. The summed E-state index contributed by atoms with van der Waals surface area (Å²) in [5, 5.41) is 0. The summed E-state index contributed by atoms with van der Waals surface area (Å²) in [6.07, 6.45) is 1.41. The molecule has 0 N–H and O–H groups in total. The lowest BCUT2D eigenvalue weighted by molar-refractivity contribution is -0.138. The van der Waals surface area contributed by atoms with Gasteiger partial charge in [-0.25, -0.2) is 4.98 Å². The molecular weight excluding hydrogens is 320 g/mol. The van der Waals surface area contributed by atoms with Crippen LogP contribution in [0, 0.1) is 0 Å². The first-order valence-electron chi connectivity index (χ1n) is 8.20. The van der Waals surface area contributed by atoms with Crippen molar-refractivity contribution in [2.75, 3.05) is 26.2 Å². The molecule has 130 valence electrons. The zero-order valence-electron chi connectivity index (χ0n) is 14.1. The lowest BCUT2D eigenvalue weighted by atomic mass is 10.1.